The quantitative estimate of drug-likeness (QED) is 0.807. The van der Waals surface area contributed by atoms with E-state index in [9.17, 15) is 0 Å². The van der Waals surface area contributed by atoms with Crippen LogP contribution in [0.3, 0.4) is 0 Å². The Morgan fingerprint density at radius 2 is 2.21 bits per heavy atom. The van der Waals surface area contributed by atoms with Crippen molar-refractivity contribution in [3.8, 4) is 6.07 Å². The van der Waals surface area contributed by atoms with Crippen LogP contribution in [0.1, 0.15) is 25.3 Å². The van der Waals surface area contributed by atoms with E-state index < -0.39 is 0 Å². The van der Waals surface area contributed by atoms with Crippen LogP contribution in [0.5, 0.6) is 0 Å². The minimum absolute atomic E-state index is 0.177. The van der Waals surface area contributed by atoms with Crippen molar-refractivity contribution in [1.82, 2.24) is 0 Å². The second-order valence-corrected chi connectivity index (χ2v) is 4.42. The van der Waals surface area contributed by atoms with Gasteiger partial charge >= 0.3 is 0 Å². The second kappa shape index (κ2) is 3.18. The van der Waals surface area contributed by atoms with E-state index >= 15 is 0 Å². The lowest BCUT2D eigenvalue weighted by Crippen LogP contribution is -2.16. The van der Waals surface area contributed by atoms with E-state index in [1.54, 1.807) is 12.1 Å². The van der Waals surface area contributed by atoms with Gasteiger partial charge in [0.1, 0.15) is 6.07 Å². The summed E-state index contributed by atoms with van der Waals surface area (Å²) in [7, 11) is 0. The maximum atomic E-state index is 8.89. The number of hydrogen-bond donors (Lipinski definition) is 1. The zero-order valence-electron chi connectivity index (χ0n) is 7.97. The van der Waals surface area contributed by atoms with Crippen molar-refractivity contribution in [3.05, 3.63) is 28.8 Å². The van der Waals surface area contributed by atoms with E-state index in [1.807, 2.05) is 6.07 Å². The van der Waals surface area contributed by atoms with Crippen LogP contribution in [-0.2, 0) is 0 Å². The Balaban J connectivity index is 2.31. The Morgan fingerprint density at radius 1 is 1.50 bits per heavy atom. The number of halogens is 1. The third-order valence-corrected chi connectivity index (χ3v) is 2.77. The summed E-state index contributed by atoms with van der Waals surface area (Å²) >= 11 is 5.87. The molecule has 0 saturated heterocycles. The molecule has 0 amide bonds. The van der Waals surface area contributed by atoms with Crippen LogP contribution in [0.25, 0.3) is 0 Å². The molecule has 0 bridgehead atoms. The van der Waals surface area contributed by atoms with Crippen molar-refractivity contribution in [1.29, 1.82) is 5.26 Å². The maximum absolute atomic E-state index is 8.89. The van der Waals surface area contributed by atoms with Gasteiger partial charge in [-0.05, 0) is 38.0 Å². The molecule has 1 fully saturated rings. The fourth-order valence-corrected chi connectivity index (χ4v) is 1.53. The van der Waals surface area contributed by atoms with Crippen LogP contribution in [0, 0.1) is 11.3 Å². The van der Waals surface area contributed by atoms with Crippen LogP contribution in [0.15, 0.2) is 18.2 Å². The summed E-state index contributed by atoms with van der Waals surface area (Å²) in [6.45, 7) is 2.15. The lowest BCUT2D eigenvalue weighted by atomic mass is 10.1. The molecule has 72 valence electrons. The average Bonchev–Trinajstić information content (AvgIpc) is 2.84. The first-order valence-electron chi connectivity index (χ1n) is 4.61. The normalized spacial score (nSPS) is 17.2. The van der Waals surface area contributed by atoms with Gasteiger partial charge in [0.15, 0.2) is 0 Å². The van der Waals surface area contributed by atoms with Gasteiger partial charge < -0.3 is 5.32 Å². The standard InChI is InChI=1S/C11H11ClN2/c1-11(4-5-11)14-10-6-9(12)3-2-8(10)7-13/h2-3,6,14H,4-5H2,1H3. The first-order chi connectivity index (χ1) is 6.63. The largest absolute Gasteiger partial charge is 0.379 e. The SMILES string of the molecule is CC1(Nc2cc(Cl)ccc2C#N)CC1. The molecule has 3 heteroatoms. The predicted molar refractivity (Wildman–Crippen MR) is 57.4 cm³/mol. The van der Waals surface area contributed by atoms with Crippen LogP contribution in [0.4, 0.5) is 5.69 Å². The molecule has 0 aromatic heterocycles. The first-order valence-corrected chi connectivity index (χ1v) is 4.99. The zero-order valence-corrected chi connectivity index (χ0v) is 8.73. The molecule has 2 rings (SSSR count). The van der Waals surface area contributed by atoms with Gasteiger partial charge in [-0.2, -0.15) is 5.26 Å². The molecular formula is C11H11ClN2. The minimum Gasteiger partial charge on any atom is -0.379 e. The van der Waals surface area contributed by atoms with Crippen molar-refractivity contribution in [3.63, 3.8) is 0 Å². The van der Waals surface area contributed by atoms with Gasteiger partial charge in [0.05, 0.1) is 11.3 Å². The fourth-order valence-electron chi connectivity index (χ4n) is 1.36. The smallest absolute Gasteiger partial charge is 0.101 e. The van der Waals surface area contributed by atoms with Gasteiger partial charge in [0.2, 0.25) is 0 Å². The van der Waals surface area contributed by atoms with Crippen molar-refractivity contribution in [2.45, 2.75) is 25.3 Å². The van der Waals surface area contributed by atoms with Crippen LogP contribution in [0.2, 0.25) is 5.02 Å². The summed E-state index contributed by atoms with van der Waals surface area (Å²) < 4.78 is 0. The Kier molecular flexibility index (Phi) is 2.13. The van der Waals surface area contributed by atoms with Crippen LogP contribution in [-0.4, -0.2) is 5.54 Å². The van der Waals surface area contributed by atoms with Gasteiger partial charge in [-0.1, -0.05) is 11.6 Å². The Labute approximate surface area is 88.5 Å². The van der Waals surface area contributed by atoms with Gasteiger partial charge in [0.25, 0.3) is 0 Å². The lowest BCUT2D eigenvalue weighted by molar-refractivity contribution is 0.829. The third-order valence-electron chi connectivity index (χ3n) is 2.54. The molecule has 1 saturated carbocycles. The third kappa shape index (κ3) is 1.83. The fraction of sp³-hybridized carbons (Fsp3) is 0.364. The molecule has 2 nitrogen and oxygen atoms in total. The monoisotopic (exact) mass is 206 g/mol. The van der Waals surface area contributed by atoms with E-state index in [4.69, 9.17) is 16.9 Å². The maximum Gasteiger partial charge on any atom is 0.101 e. The van der Waals surface area contributed by atoms with Crippen molar-refractivity contribution >= 4 is 17.3 Å². The van der Waals surface area contributed by atoms with E-state index in [-0.39, 0.29) is 5.54 Å². The molecular weight excluding hydrogens is 196 g/mol. The second-order valence-electron chi connectivity index (χ2n) is 3.99. The summed E-state index contributed by atoms with van der Waals surface area (Å²) in [5.74, 6) is 0. The van der Waals surface area contributed by atoms with E-state index in [1.165, 1.54) is 0 Å². The van der Waals surface area contributed by atoms with Gasteiger partial charge in [-0.3, -0.25) is 0 Å². The lowest BCUT2D eigenvalue weighted by Gasteiger charge is -2.14. The summed E-state index contributed by atoms with van der Waals surface area (Å²) in [5, 5.41) is 12.9. The van der Waals surface area contributed by atoms with E-state index in [0.717, 1.165) is 18.5 Å². The Hall–Kier alpha value is -1.20. The summed E-state index contributed by atoms with van der Waals surface area (Å²) in [5.41, 5.74) is 1.68. The highest BCUT2D eigenvalue weighted by Crippen LogP contribution is 2.39. The van der Waals surface area contributed by atoms with Gasteiger partial charge in [-0.15, -0.1) is 0 Å². The topological polar surface area (TPSA) is 35.8 Å². The summed E-state index contributed by atoms with van der Waals surface area (Å²) in [4.78, 5) is 0. The molecule has 0 atom stereocenters. The molecule has 0 heterocycles. The van der Waals surface area contributed by atoms with Crippen molar-refractivity contribution < 1.29 is 0 Å². The summed E-state index contributed by atoms with van der Waals surface area (Å²) in [6, 6.07) is 7.44. The molecule has 0 spiro atoms. The Bertz CT molecular complexity index is 402. The number of anilines is 1. The van der Waals surface area contributed by atoms with Gasteiger partial charge in [-0.25, -0.2) is 0 Å². The summed E-state index contributed by atoms with van der Waals surface area (Å²) in [6.07, 6.45) is 2.31. The van der Waals surface area contributed by atoms with E-state index in [2.05, 4.69) is 18.3 Å². The van der Waals surface area contributed by atoms with Gasteiger partial charge in [0, 0.05) is 10.6 Å². The molecule has 14 heavy (non-hydrogen) atoms. The molecule has 1 aromatic rings. The van der Waals surface area contributed by atoms with Crippen LogP contribution >= 0.6 is 11.6 Å². The van der Waals surface area contributed by atoms with E-state index in [0.29, 0.717) is 10.6 Å². The predicted octanol–water partition coefficient (Wildman–Crippen LogP) is 3.18. The highest BCUT2D eigenvalue weighted by Gasteiger charge is 2.37. The molecule has 1 N–H and O–H groups in total. The number of nitriles is 1. The molecule has 1 aliphatic rings. The number of rotatable bonds is 2. The first kappa shape index (κ1) is 9.36. The number of benzene rings is 1. The van der Waals surface area contributed by atoms with Crippen molar-refractivity contribution in [2.24, 2.45) is 0 Å². The highest BCUT2D eigenvalue weighted by molar-refractivity contribution is 6.30. The number of nitrogens with one attached hydrogen (secondary N) is 1. The number of hydrogen-bond acceptors (Lipinski definition) is 2. The highest BCUT2D eigenvalue weighted by atomic mass is 35.5. The average molecular weight is 207 g/mol. The molecule has 0 unspecified atom stereocenters. The molecule has 1 aromatic carbocycles. The molecule has 0 aliphatic heterocycles. The van der Waals surface area contributed by atoms with Crippen LogP contribution < -0.4 is 5.32 Å². The Morgan fingerprint density at radius 3 is 2.79 bits per heavy atom. The minimum atomic E-state index is 0.177. The van der Waals surface area contributed by atoms with Crippen molar-refractivity contribution in [2.75, 3.05) is 5.32 Å². The molecule has 0 radical (unpaired) electrons. The molecule has 1 aliphatic carbocycles. The number of nitrogens with zero attached hydrogens (tertiary/aromatic N) is 1. The zero-order chi connectivity index (χ0) is 10.2.